The normalized spacial score (nSPS) is 16.6. The molecule has 0 bridgehead atoms. The van der Waals surface area contributed by atoms with Crippen LogP contribution in [0.5, 0.6) is 0 Å². The Balaban J connectivity index is 1.98. The number of benzene rings is 1. The van der Waals surface area contributed by atoms with Crippen LogP contribution in [0.15, 0.2) is 53.8 Å². The Kier molecular flexibility index (Phi) is 3.17. The van der Waals surface area contributed by atoms with Gasteiger partial charge in [-0.25, -0.2) is 12.8 Å². The molecule has 2 aromatic heterocycles. The first-order chi connectivity index (χ1) is 11.5. The van der Waals surface area contributed by atoms with E-state index in [-0.39, 0.29) is 4.90 Å². The van der Waals surface area contributed by atoms with Gasteiger partial charge in [-0.3, -0.25) is 14.4 Å². The van der Waals surface area contributed by atoms with Crippen molar-refractivity contribution in [3.8, 4) is 11.3 Å². The quantitative estimate of drug-likeness (QED) is 0.775. The molecule has 24 heavy (non-hydrogen) atoms. The molecule has 0 saturated heterocycles. The zero-order valence-corrected chi connectivity index (χ0v) is 13.5. The minimum atomic E-state index is -3.85. The summed E-state index contributed by atoms with van der Waals surface area (Å²) in [5.41, 5.74) is 2.20. The second-order valence-corrected chi connectivity index (χ2v) is 7.34. The molecule has 122 valence electrons. The molecule has 8 heteroatoms. The second-order valence-electron chi connectivity index (χ2n) is 5.53. The minimum absolute atomic E-state index is 0.0825. The number of aromatic amines is 1. The van der Waals surface area contributed by atoms with Gasteiger partial charge in [-0.15, -0.1) is 0 Å². The van der Waals surface area contributed by atoms with Crippen LogP contribution in [-0.2, 0) is 10.0 Å². The summed E-state index contributed by atoms with van der Waals surface area (Å²) in [6.45, 7) is 1.77. The van der Waals surface area contributed by atoms with E-state index in [0.717, 1.165) is 0 Å². The largest absolute Gasteiger partial charge is 0.277 e. The Bertz CT molecular complexity index is 1020. The lowest BCUT2D eigenvalue weighted by Gasteiger charge is -2.35. The van der Waals surface area contributed by atoms with Gasteiger partial charge >= 0.3 is 0 Å². The molecular weight excluding hydrogens is 331 g/mol. The molecule has 3 aromatic rings. The molecule has 1 aromatic carbocycles. The zero-order valence-electron chi connectivity index (χ0n) is 12.6. The molecule has 4 rings (SSSR count). The molecule has 1 aliphatic heterocycles. The number of hydrogen-bond donors (Lipinski definition) is 1. The van der Waals surface area contributed by atoms with Gasteiger partial charge in [0.05, 0.1) is 23.6 Å². The molecule has 6 nitrogen and oxygen atoms in total. The first-order valence-electron chi connectivity index (χ1n) is 7.28. The van der Waals surface area contributed by atoms with Crippen LogP contribution in [0.25, 0.3) is 11.3 Å². The van der Waals surface area contributed by atoms with Crippen LogP contribution in [0.2, 0.25) is 0 Å². The molecule has 3 heterocycles. The number of aromatic nitrogens is 3. The minimum Gasteiger partial charge on any atom is -0.277 e. The molecule has 0 radical (unpaired) electrons. The molecular formula is C16H13FN4O2S. The van der Waals surface area contributed by atoms with Gasteiger partial charge in [0, 0.05) is 23.5 Å². The molecule has 1 aliphatic rings. The van der Waals surface area contributed by atoms with Gasteiger partial charge in [0.15, 0.2) is 0 Å². The highest BCUT2D eigenvalue weighted by Crippen LogP contribution is 2.46. The lowest BCUT2D eigenvalue weighted by molar-refractivity contribution is 0.581. The van der Waals surface area contributed by atoms with Crippen LogP contribution >= 0.6 is 0 Å². The summed E-state index contributed by atoms with van der Waals surface area (Å²) in [7, 11) is -3.85. The van der Waals surface area contributed by atoms with Crippen LogP contribution in [0.3, 0.4) is 0 Å². The van der Waals surface area contributed by atoms with E-state index in [1.54, 1.807) is 19.2 Å². The number of anilines is 1. The van der Waals surface area contributed by atoms with Crippen molar-refractivity contribution in [3.63, 3.8) is 0 Å². The summed E-state index contributed by atoms with van der Waals surface area (Å²) >= 11 is 0. The van der Waals surface area contributed by atoms with Crippen LogP contribution < -0.4 is 4.31 Å². The fourth-order valence-electron chi connectivity index (χ4n) is 3.01. The third kappa shape index (κ3) is 2.03. The fraction of sp³-hybridized carbons (Fsp3) is 0.125. The molecule has 0 unspecified atom stereocenters. The Morgan fingerprint density at radius 2 is 2.08 bits per heavy atom. The SMILES string of the molecule is C[C@@H]1c2cn[nH]c2-c2cc(F)ccc2N1S(=O)(=O)c1cccnc1. The number of halogens is 1. The van der Waals surface area contributed by atoms with Crippen molar-refractivity contribution in [2.45, 2.75) is 17.9 Å². The summed E-state index contributed by atoms with van der Waals surface area (Å²) in [5, 5.41) is 6.82. The average molecular weight is 344 g/mol. The number of nitrogens with one attached hydrogen (secondary N) is 1. The topological polar surface area (TPSA) is 79.0 Å². The van der Waals surface area contributed by atoms with E-state index < -0.39 is 21.9 Å². The number of sulfonamides is 1. The van der Waals surface area contributed by atoms with Crippen LogP contribution in [0, 0.1) is 5.82 Å². The van der Waals surface area contributed by atoms with Gasteiger partial charge in [0.1, 0.15) is 10.7 Å². The summed E-state index contributed by atoms with van der Waals surface area (Å²) in [5.74, 6) is -0.442. The van der Waals surface area contributed by atoms with E-state index in [2.05, 4.69) is 15.2 Å². The number of pyridine rings is 1. The standard InChI is InChI=1S/C16H13FN4O2S/c1-10-14-9-19-20-16(14)13-7-11(17)4-5-15(13)21(10)24(22,23)12-3-2-6-18-8-12/h2-10H,1H3,(H,19,20)/t10-/m1/s1. The lowest BCUT2D eigenvalue weighted by atomic mass is 9.97. The predicted molar refractivity (Wildman–Crippen MR) is 86.3 cm³/mol. The van der Waals surface area contributed by atoms with E-state index in [0.29, 0.717) is 22.5 Å². The Morgan fingerprint density at radius 3 is 2.83 bits per heavy atom. The number of fused-ring (bicyclic) bond motifs is 3. The third-order valence-corrected chi connectivity index (χ3v) is 6.00. The van der Waals surface area contributed by atoms with E-state index in [4.69, 9.17) is 0 Å². The van der Waals surface area contributed by atoms with Crippen molar-refractivity contribution < 1.29 is 12.8 Å². The van der Waals surface area contributed by atoms with Gasteiger partial charge in [0.25, 0.3) is 10.0 Å². The molecule has 1 N–H and O–H groups in total. The van der Waals surface area contributed by atoms with Crippen LogP contribution in [0.4, 0.5) is 10.1 Å². The van der Waals surface area contributed by atoms with Gasteiger partial charge in [-0.1, -0.05) is 0 Å². The number of rotatable bonds is 2. The fourth-order valence-corrected chi connectivity index (χ4v) is 4.63. The lowest BCUT2D eigenvalue weighted by Crippen LogP contribution is -2.36. The van der Waals surface area contributed by atoms with E-state index >= 15 is 0 Å². The van der Waals surface area contributed by atoms with Crippen molar-refractivity contribution in [3.05, 3.63) is 60.3 Å². The summed E-state index contributed by atoms with van der Waals surface area (Å²) < 4.78 is 41.3. The first kappa shape index (κ1) is 14.8. The van der Waals surface area contributed by atoms with Gasteiger partial charge < -0.3 is 0 Å². The maximum absolute atomic E-state index is 13.7. The maximum atomic E-state index is 13.7. The highest BCUT2D eigenvalue weighted by molar-refractivity contribution is 7.92. The average Bonchev–Trinajstić information content (AvgIpc) is 3.07. The van der Waals surface area contributed by atoms with Gasteiger partial charge in [-0.05, 0) is 37.3 Å². The number of nitrogens with zero attached hydrogens (tertiary/aromatic N) is 3. The van der Waals surface area contributed by atoms with Gasteiger partial charge in [-0.2, -0.15) is 5.10 Å². The maximum Gasteiger partial charge on any atom is 0.266 e. The van der Waals surface area contributed by atoms with Crippen molar-refractivity contribution in [2.75, 3.05) is 4.31 Å². The second kappa shape index (κ2) is 5.13. The Labute approximate surface area is 138 Å². The van der Waals surface area contributed by atoms with Crippen LogP contribution in [-0.4, -0.2) is 23.6 Å². The van der Waals surface area contributed by atoms with E-state index in [1.165, 1.54) is 41.0 Å². The summed E-state index contributed by atoms with van der Waals surface area (Å²) in [4.78, 5) is 3.97. The molecule has 0 spiro atoms. The monoisotopic (exact) mass is 344 g/mol. The third-order valence-electron chi connectivity index (χ3n) is 4.13. The number of H-pyrrole nitrogens is 1. The highest BCUT2D eigenvalue weighted by Gasteiger charge is 2.38. The van der Waals surface area contributed by atoms with Crippen molar-refractivity contribution >= 4 is 15.7 Å². The van der Waals surface area contributed by atoms with Crippen molar-refractivity contribution in [1.82, 2.24) is 15.2 Å². The predicted octanol–water partition coefficient (Wildman–Crippen LogP) is 2.88. The molecule has 0 aliphatic carbocycles. The zero-order chi connectivity index (χ0) is 16.9. The first-order valence-corrected chi connectivity index (χ1v) is 8.72. The van der Waals surface area contributed by atoms with E-state index in [9.17, 15) is 12.8 Å². The van der Waals surface area contributed by atoms with Crippen molar-refractivity contribution in [2.24, 2.45) is 0 Å². The van der Waals surface area contributed by atoms with Gasteiger partial charge in [0.2, 0.25) is 0 Å². The Hall–Kier alpha value is -2.74. The molecule has 0 saturated carbocycles. The van der Waals surface area contributed by atoms with E-state index in [1.807, 2.05) is 0 Å². The number of hydrogen-bond acceptors (Lipinski definition) is 4. The molecule has 0 fully saturated rings. The smallest absolute Gasteiger partial charge is 0.266 e. The Morgan fingerprint density at radius 1 is 1.25 bits per heavy atom. The molecule has 0 amide bonds. The molecule has 1 atom stereocenters. The highest BCUT2D eigenvalue weighted by atomic mass is 32.2. The summed E-state index contributed by atoms with van der Waals surface area (Å²) in [6.07, 6.45) is 4.38. The summed E-state index contributed by atoms with van der Waals surface area (Å²) in [6, 6.07) is 6.60. The van der Waals surface area contributed by atoms with Crippen LogP contribution in [0.1, 0.15) is 18.5 Å². The van der Waals surface area contributed by atoms with Crippen molar-refractivity contribution in [1.29, 1.82) is 0 Å².